The minimum atomic E-state index is -0.222. The number of carbonyl (C=O) groups excluding carboxylic acids is 1. The van der Waals surface area contributed by atoms with E-state index in [2.05, 4.69) is 20.7 Å². The molecular weight excluding hydrogens is 438 g/mol. The highest BCUT2D eigenvalue weighted by molar-refractivity contribution is 7.99. The van der Waals surface area contributed by atoms with E-state index in [1.165, 1.54) is 11.8 Å². The average molecular weight is 454 g/mol. The van der Waals surface area contributed by atoms with Crippen LogP contribution in [0.5, 0.6) is 0 Å². The molecule has 0 unspecified atom stereocenters. The summed E-state index contributed by atoms with van der Waals surface area (Å²) in [5, 5.41) is 15.9. The molecule has 9 heteroatoms. The van der Waals surface area contributed by atoms with E-state index < -0.39 is 0 Å². The summed E-state index contributed by atoms with van der Waals surface area (Å²) in [6.45, 7) is 0. The molecule has 0 aliphatic carbocycles. The van der Waals surface area contributed by atoms with Crippen molar-refractivity contribution < 1.29 is 4.79 Å². The Kier molecular flexibility index (Phi) is 6.58. The second-order valence-corrected chi connectivity index (χ2v) is 8.44. The van der Waals surface area contributed by atoms with Crippen LogP contribution in [0.25, 0.3) is 17.1 Å². The van der Waals surface area contributed by atoms with Gasteiger partial charge < -0.3 is 0 Å². The molecule has 1 N–H and O–H groups in total. The van der Waals surface area contributed by atoms with Gasteiger partial charge in [-0.15, -0.1) is 21.5 Å². The number of carbonyl (C=O) groups is 1. The zero-order valence-electron chi connectivity index (χ0n) is 15.6. The molecule has 4 rings (SSSR count). The summed E-state index contributed by atoms with van der Waals surface area (Å²) < 4.78 is 1.92. The number of hydrogen-bond acceptors (Lipinski definition) is 6. The Balaban J connectivity index is 1.53. The molecule has 6 nitrogen and oxygen atoms in total. The maximum Gasteiger partial charge on any atom is 0.250 e. The fraction of sp³-hybridized carbons (Fsp3) is 0.0476. The Morgan fingerprint density at radius 1 is 1.10 bits per heavy atom. The molecular formula is C21H16ClN5OS2. The lowest BCUT2D eigenvalue weighted by Gasteiger charge is -2.10. The molecule has 0 radical (unpaired) electrons. The van der Waals surface area contributed by atoms with Crippen molar-refractivity contribution >= 4 is 46.8 Å². The largest absolute Gasteiger partial charge is 0.272 e. The number of nitrogens with zero attached hydrogens (tertiary/aromatic N) is 4. The molecule has 150 valence electrons. The van der Waals surface area contributed by atoms with Gasteiger partial charge in [0.2, 0.25) is 0 Å². The number of benzene rings is 2. The molecule has 0 aliphatic heterocycles. The number of thiophene rings is 1. The number of halogens is 1. The maximum atomic E-state index is 12.2. The van der Waals surface area contributed by atoms with E-state index in [-0.39, 0.29) is 11.7 Å². The van der Waals surface area contributed by atoms with Gasteiger partial charge in [0, 0.05) is 21.2 Å². The van der Waals surface area contributed by atoms with Gasteiger partial charge in [0.25, 0.3) is 5.91 Å². The third-order valence-electron chi connectivity index (χ3n) is 4.01. The van der Waals surface area contributed by atoms with Gasteiger partial charge >= 0.3 is 0 Å². The van der Waals surface area contributed by atoms with Crippen molar-refractivity contribution in [3.8, 4) is 17.1 Å². The van der Waals surface area contributed by atoms with E-state index in [1.54, 1.807) is 17.6 Å². The summed E-state index contributed by atoms with van der Waals surface area (Å²) in [4.78, 5) is 13.2. The monoisotopic (exact) mass is 453 g/mol. The van der Waals surface area contributed by atoms with Crippen LogP contribution in [0.2, 0.25) is 5.02 Å². The van der Waals surface area contributed by atoms with Crippen LogP contribution in [0.3, 0.4) is 0 Å². The molecule has 0 spiro atoms. The van der Waals surface area contributed by atoms with Crippen LogP contribution in [0, 0.1) is 0 Å². The standard InChI is InChI=1S/C21H16ClN5OS2/c22-16-8-10-17(11-9-16)27-20(15-5-2-1-3-6-15)25-26-21(27)30-14-19(28)24-23-13-18-7-4-12-29-18/h1-13H,14H2,(H,24,28)/b23-13+. The summed E-state index contributed by atoms with van der Waals surface area (Å²) in [5.41, 5.74) is 4.33. The maximum absolute atomic E-state index is 12.2. The molecule has 1 amide bonds. The number of rotatable bonds is 7. The first-order chi connectivity index (χ1) is 14.7. The Hall–Kier alpha value is -2.94. The molecule has 0 saturated carbocycles. The Bertz CT molecular complexity index is 1140. The molecule has 0 bridgehead atoms. The zero-order valence-corrected chi connectivity index (χ0v) is 18.0. The van der Waals surface area contributed by atoms with E-state index in [0.29, 0.717) is 16.0 Å². The number of amides is 1. The van der Waals surface area contributed by atoms with Crippen LogP contribution in [0.1, 0.15) is 4.88 Å². The molecule has 2 aromatic carbocycles. The predicted molar refractivity (Wildman–Crippen MR) is 123 cm³/mol. The van der Waals surface area contributed by atoms with E-state index in [4.69, 9.17) is 11.6 Å². The smallest absolute Gasteiger partial charge is 0.250 e. The Morgan fingerprint density at radius 3 is 2.63 bits per heavy atom. The number of hydrazone groups is 1. The summed E-state index contributed by atoms with van der Waals surface area (Å²) in [7, 11) is 0. The minimum Gasteiger partial charge on any atom is -0.272 e. The lowest BCUT2D eigenvalue weighted by molar-refractivity contribution is -0.118. The topological polar surface area (TPSA) is 72.2 Å². The van der Waals surface area contributed by atoms with Crippen molar-refractivity contribution in [3.63, 3.8) is 0 Å². The molecule has 2 heterocycles. The van der Waals surface area contributed by atoms with Gasteiger partial charge in [0.15, 0.2) is 11.0 Å². The van der Waals surface area contributed by atoms with Crippen LogP contribution in [0.4, 0.5) is 0 Å². The number of thioether (sulfide) groups is 1. The van der Waals surface area contributed by atoms with Crippen molar-refractivity contribution in [2.45, 2.75) is 5.16 Å². The molecule has 2 aromatic heterocycles. The van der Waals surface area contributed by atoms with E-state index >= 15 is 0 Å². The Labute approximate surface area is 186 Å². The van der Waals surface area contributed by atoms with Gasteiger partial charge in [-0.05, 0) is 35.7 Å². The summed E-state index contributed by atoms with van der Waals surface area (Å²) in [5.74, 6) is 0.624. The number of nitrogens with one attached hydrogen (secondary N) is 1. The first kappa shape index (κ1) is 20.3. The summed E-state index contributed by atoms with van der Waals surface area (Å²) in [6, 6.07) is 21.0. The minimum absolute atomic E-state index is 0.155. The first-order valence-corrected chi connectivity index (χ1v) is 11.2. The van der Waals surface area contributed by atoms with Crippen LogP contribution < -0.4 is 5.43 Å². The normalized spacial score (nSPS) is 11.1. The van der Waals surface area contributed by atoms with Crippen molar-refractivity contribution in [1.29, 1.82) is 0 Å². The van der Waals surface area contributed by atoms with Crippen molar-refractivity contribution in [2.75, 3.05) is 5.75 Å². The Morgan fingerprint density at radius 2 is 1.90 bits per heavy atom. The molecule has 0 aliphatic rings. The summed E-state index contributed by atoms with van der Waals surface area (Å²) >= 11 is 8.89. The van der Waals surface area contributed by atoms with E-state index in [0.717, 1.165) is 16.1 Å². The lowest BCUT2D eigenvalue weighted by Crippen LogP contribution is -2.19. The van der Waals surface area contributed by atoms with Crippen molar-refractivity contribution in [2.24, 2.45) is 5.10 Å². The summed E-state index contributed by atoms with van der Waals surface area (Å²) in [6.07, 6.45) is 1.62. The molecule has 0 atom stereocenters. The van der Waals surface area contributed by atoms with Gasteiger partial charge in [-0.1, -0.05) is 59.8 Å². The van der Waals surface area contributed by atoms with Crippen LogP contribution in [-0.2, 0) is 4.79 Å². The van der Waals surface area contributed by atoms with Crippen LogP contribution in [0.15, 0.2) is 82.4 Å². The molecule has 30 heavy (non-hydrogen) atoms. The predicted octanol–water partition coefficient (Wildman–Crippen LogP) is 4.89. The quantitative estimate of drug-likeness (QED) is 0.245. The van der Waals surface area contributed by atoms with Gasteiger partial charge in [-0.25, -0.2) is 5.43 Å². The van der Waals surface area contributed by atoms with Gasteiger partial charge in [0.05, 0.1) is 12.0 Å². The second kappa shape index (κ2) is 9.71. The fourth-order valence-electron chi connectivity index (χ4n) is 2.66. The van der Waals surface area contributed by atoms with Gasteiger partial charge in [-0.2, -0.15) is 5.10 Å². The number of aromatic nitrogens is 3. The fourth-order valence-corrected chi connectivity index (χ4v) is 4.11. The van der Waals surface area contributed by atoms with E-state index in [9.17, 15) is 4.79 Å². The van der Waals surface area contributed by atoms with Gasteiger partial charge in [-0.3, -0.25) is 9.36 Å². The van der Waals surface area contributed by atoms with Crippen LogP contribution >= 0.6 is 34.7 Å². The third kappa shape index (κ3) is 4.96. The van der Waals surface area contributed by atoms with E-state index in [1.807, 2.05) is 76.7 Å². The third-order valence-corrected chi connectivity index (χ3v) is 5.99. The van der Waals surface area contributed by atoms with Gasteiger partial charge in [0.1, 0.15) is 0 Å². The number of hydrogen-bond donors (Lipinski definition) is 1. The zero-order chi connectivity index (χ0) is 20.8. The lowest BCUT2D eigenvalue weighted by atomic mass is 10.2. The van der Waals surface area contributed by atoms with Crippen molar-refractivity contribution in [1.82, 2.24) is 20.2 Å². The molecule has 0 fully saturated rings. The first-order valence-electron chi connectivity index (χ1n) is 8.96. The second-order valence-electron chi connectivity index (χ2n) is 6.08. The molecule has 4 aromatic rings. The highest BCUT2D eigenvalue weighted by atomic mass is 35.5. The SMILES string of the molecule is O=C(CSc1nnc(-c2ccccc2)n1-c1ccc(Cl)cc1)N/N=C/c1cccs1. The highest BCUT2D eigenvalue weighted by Gasteiger charge is 2.17. The van der Waals surface area contributed by atoms with Crippen molar-refractivity contribution in [3.05, 3.63) is 82.0 Å². The average Bonchev–Trinajstić information content (AvgIpc) is 3.43. The highest BCUT2D eigenvalue weighted by Crippen LogP contribution is 2.28. The molecule has 0 saturated heterocycles. The van der Waals surface area contributed by atoms with Crippen LogP contribution in [-0.4, -0.2) is 32.6 Å².